The Labute approximate surface area is 143 Å². The first-order valence-corrected chi connectivity index (χ1v) is 7.70. The van der Waals surface area contributed by atoms with Gasteiger partial charge in [0, 0.05) is 18.8 Å². The molecule has 0 aliphatic rings. The predicted octanol–water partition coefficient (Wildman–Crippen LogP) is 2.33. The maximum atomic E-state index is 12.3. The number of likely N-dealkylation sites (N-methyl/N-ethyl adjacent to an activating group) is 1. The molecule has 0 aliphatic heterocycles. The summed E-state index contributed by atoms with van der Waals surface area (Å²) in [6, 6.07) is 14.8. The van der Waals surface area contributed by atoms with E-state index in [4.69, 9.17) is 4.42 Å². The number of rotatable bonds is 4. The summed E-state index contributed by atoms with van der Waals surface area (Å²) in [4.78, 5) is 35.7. The molecule has 0 spiro atoms. The van der Waals surface area contributed by atoms with Gasteiger partial charge < -0.3 is 15.1 Å². The van der Waals surface area contributed by atoms with Gasteiger partial charge in [0.2, 0.25) is 5.91 Å². The van der Waals surface area contributed by atoms with Crippen molar-refractivity contribution in [1.29, 1.82) is 0 Å². The second-order valence-electron chi connectivity index (χ2n) is 5.47. The van der Waals surface area contributed by atoms with E-state index in [1.165, 1.54) is 6.07 Å². The van der Waals surface area contributed by atoms with Crippen LogP contribution in [0.3, 0.4) is 0 Å². The molecule has 126 valence electrons. The Morgan fingerprint density at radius 1 is 1.04 bits per heavy atom. The monoisotopic (exact) mass is 336 g/mol. The average molecular weight is 336 g/mol. The fourth-order valence-corrected chi connectivity index (χ4v) is 2.39. The molecule has 2 aromatic carbocycles. The highest BCUT2D eigenvalue weighted by molar-refractivity contribution is 6.03. The minimum atomic E-state index is -0.512. The Hall–Kier alpha value is -3.41. The summed E-state index contributed by atoms with van der Waals surface area (Å²) in [5.41, 5.74) is 1.46. The summed E-state index contributed by atoms with van der Waals surface area (Å²) in [5.74, 6) is -0.658. The fourth-order valence-electron chi connectivity index (χ4n) is 2.39. The number of hydrogen-bond donors (Lipinski definition) is 2. The average Bonchev–Trinajstić information content (AvgIpc) is 2.63. The number of anilines is 1. The van der Waals surface area contributed by atoms with Crippen molar-refractivity contribution in [2.24, 2.45) is 0 Å². The summed E-state index contributed by atoms with van der Waals surface area (Å²) in [7, 11) is 1.58. The maximum absolute atomic E-state index is 12.3. The number of carbonyl (C=O) groups excluding carboxylic acids is 2. The van der Waals surface area contributed by atoms with Gasteiger partial charge in [-0.05, 0) is 29.8 Å². The van der Waals surface area contributed by atoms with Gasteiger partial charge in [-0.2, -0.15) is 0 Å². The van der Waals surface area contributed by atoms with Crippen LogP contribution in [0, 0.1) is 0 Å². The summed E-state index contributed by atoms with van der Waals surface area (Å²) in [6.45, 7) is 0. The second-order valence-corrected chi connectivity index (χ2v) is 5.47. The van der Waals surface area contributed by atoms with Gasteiger partial charge >= 0.3 is 0 Å². The zero-order valence-electron chi connectivity index (χ0n) is 13.5. The summed E-state index contributed by atoms with van der Waals surface area (Å²) < 4.78 is 5.50. The van der Waals surface area contributed by atoms with Crippen molar-refractivity contribution in [3.05, 3.63) is 76.1 Å². The molecule has 0 saturated carbocycles. The van der Waals surface area contributed by atoms with Crippen molar-refractivity contribution < 1.29 is 14.0 Å². The Morgan fingerprint density at radius 3 is 2.48 bits per heavy atom. The van der Waals surface area contributed by atoms with E-state index in [9.17, 15) is 14.4 Å². The van der Waals surface area contributed by atoms with E-state index in [0.717, 1.165) is 5.56 Å². The Balaban J connectivity index is 1.78. The molecule has 0 saturated heterocycles. The minimum Gasteiger partial charge on any atom is -0.451 e. The first-order valence-electron chi connectivity index (χ1n) is 7.70. The smallest absolute Gasteiger partial charge is 0.291 e. The van der Waals surface area contributed by atoms with Crippen molar-refractivity contribution in [2.75, 3.05) is 12.4 Å². The largest absolute Gasteiger partial charge is 0.451 e. The van der Waals surface area contributed by atoms with Gasteiger partial charge in [-0.25, -0.2) is 0 Å². The van der Waals surface area contributed by atoms with E-state index in [0.29, 0.717) is 16.7 Å². The predicted molar refractivity (Wildman–Crippen MR) is 94.6 cm³/mol. The Kier molecular flexibility index (Phi) is 4.61. The van der Waals surface area contributed by atoms with Crippen LogP contribution in [0.1, 0.15) is 16.1 Å². The van der Waals surface area contributed by atoms with Crippen molar-refractivity contribution >= 4 is 28.5 Å². The van der Waals surface area contributed by atoms with Crippen LogP contribution in [-0.4, -0.2) is 18.9 Å². The van der Waals surface area contributed by atoms with Gasteiger partial charge in [0.1, 0.15) is 5.58 Å². The van der Waals surface area contributed by atoms with E-state index in [1.54, 1.807) is 55.6 Å². The molecule has 3 aromatic rings. The van der Waals surface area contributed by atoms with Gasteiger partial charge in [0.05, 0.1) is 11.8 Å². The zero-order chi connectivity index (χ0) is 17.8. The SMILES string of the molecule is CNC(=O)Cc1ccc(NC(=O)c2cc(=O)c3ccccc3o2)cc1. The third kappa shape index (κ3) is 3.74. The standard InChI is InChI=1S/C19H16N2O4/c1-20-18(23)10-12-6-8-13(9-7-12)21-19(24)17-11-15(22)14-4-2-3-5-16(14)25-17/h2-9,11H,10H2,1H3,(H,20,23)(H,21,24). The highest BCUT2D eigenvalue weighted by atomic mass is 16.3. The van der Waals surface area contributed by atoms with Gasteiger partial charge in [0.25, 0.3) is 5.91 Å². The minimum absolute atomic E-state index is 0.0573. The van der Waals surface area contributed by atoms with Crippen molar-refractivity contribution in [1.82, 2.24) is 5.32 Å². The first kappa shape index (κ1) is 16.4. The molecule has 25 heavy (non-hydrogen) atoms. The van der Waals surface area contributed by atoms with Crippen LogP contribution in [0.25, 0.3) is 11.0 Å². The molecule has 0 atom stereocenters. The highest BCUT2D eigenvalue weighted by Gasteiger charge is 2.12. The van der Waals surface area contributed by atoms with Gasteiger partial charge in [-0.15, -0.1) is 0 Å². The molecule has 0 fully saturated rings. The summed E-state index contributed by atoms with van der Waals surface area (Å²) >= 11 is 0. The Morgan fingerprint density at radius 2 is 1.76 bits per heavy atom. The van der Waals surface area contributed by atoms with Crippen molar-refractivity contribution in [2.45, 2.75) is 6.42 Å². The third-order valence-electron chi connectivity index (χ3n) is 3.71. The van der Waals surface area contributed by atoms with E-state index < -0.39 is 5.91 Å². The molecule has 6 nitrogen and oxygen atoms in total. The first-order chi connectivity index (χ1) is 12.1. The molecular formula is C19H16N2O4. The van der Waals surface area contributed by atoms with Crippen LogP contribution in [0.2, 0.25) is 0 Å². The van der Waals surface area contributed by atoms with E-state index in [1.807, 2.05) is 0 Å². The highest BCUT2D eigenvalue weighted by Crippen LogP contribution is 2.15. The molecule has 0 radical (unpaired) electrons. The molecule has 2 amide bonds. The van der Waals surface area contributed by atoms with Crippen LogP contribution in [0.15, 0.2) is 63.8 Å². The lowest BCUT2D eigenvalue weighted by molar-refractivity contribution is -0.119. The number of hydrogen-bond acceptors (Lipinski definition) is 4. The quantitative estimate of drug-likeness (QED) is 0.765. The molecular weight excluding hydrogens is 320 g/mol. The van der Waals surface area contributed by atoms with Crippen LogP contribution < -0.4 is 16.1 Å². The Bertz CT molecular complexity index is 990. The number of fused-ring (bicyclic) bond motifs is 1. The number of benzene rings is 2. The van der Waals surface area contributed by atoms with Gasteiger partial charge in [-0.1, -0.05) is 24.3 Å². The maximum Gasteiger partial charge on any atom is 0.291 e. The van der Waals surface area contributed by atoms with Gasteiger partial charge in [0.15, 0.2) is 11.2 Å². The normalized spacial score (nSPS) is 10.4. The van der Waals surface area contributed by atoms with Crippen LogP contribution in [0.5, 0.6) is 0 Å². The lowest BCUT2D eigenvalue weighted by atomic mass is 10.1. The van der Waals surface area contributed by atoms with Crippen molar-refractivity contribution in [3.63, 3.8) is 0 Å². The van der Waals surface area contributed by atoms with Gasteiger partial charge in [-0.3, -0.25) is 14.4 Å². The van der Waals surface area contributed by atoms with E-state index in [2.05, 4.69) is 10.6 Å². The van der Waals surface area contributed by atoms with Crippen LogP contribution in [-0.2, 0) is 11.2 Å². The van der Waals surface area contributed by atoms with Crippen molar-refractivity contribution in [3.8, 4) is 0 Å². The molecule has 6 heteroatoms. The third-order valence-corrected chi connectivity index (χ3v) is 3.71. The summed E-state index contributed by atoms with van der Waals surface area (Å²) in [5, 5.41) is 5.65. The summed E-state index contributed by atoms with van der Waals surface area (Å²) in [6.07, 6.45) is 0.268. The lowest BCUT2D eigenvalue weighted by Gasteiger charge is -2.07. The zero-order valence-corrected chi connectivity index (χ0v) is 13.5. The molecule has 3 rings (SSSR count). The number of carbonyl (C=O) groups is 2. The second kappa shape index (κ2) is 7.00. The number of nitrogens with one attached hydrogen (secondary N) is 2. The molecule has 0 unspecified atom stereocenters. The number of amides is 2. The van der Waals surface area contributed by atoms with Crippen LogP contribution >= 0.6 is 0 Å². The molecule has 0 aliphatic carbocycles. The molecule has 0 bridgehead atoms. The number of para-hydroxylation sites is 1. The van der Waals surface area contributed by atoms with E-state index in [-0.39, 0.29) is 23.5 Å². The lowest BCUT2D eigenvalue weighted by Crippen LogP contribution is -2.20. The van der Waals surface area contributed by atoms with Crippen LogP contribution in [0.4, 0.5) is 5.69 Å². The molecule has 1 aromatic heterocycles. The molecule has 1 heterocycles. The molecule has 2 N–H and O–H groups in total. The topological polar surface area (TPSA) is 88.4 Å². The van der Waals surface area contributed by atoms with E-state index >= 15 is 0 Å². The fraction of sp³-hybridized carbons (Fsp3) is 0.105.